The van der Waals surface area contributed by atoms with Gasteiger partial charge >= 0.3 is 0 Å². The summed E-state index contributed by atoms with van der Waals surface area (Å²) in [4.78, 5) is 3.98. The molecule has 0 aliphatic heterocycles. The number of hydrogen-bond donors (Lipinski definition) is 2. The van der Waals surface area contributed by atoms with Crippen LogP contribution in [0.15, 0.2) is 24.5 Å². The first-order chi connectivity index (χ1) is 7.53. The van der Waals surface area contributed by atoms with Crippen molar-refractivity contribution in [3.8, 4) is 0 Å². The smallest absolute Gasteiger partial charge is 0.0671 e. The Kier molecular flexibility index (Phi) is 4.44. The molecule has 3 N–H and O–H groups in total. The van der Waals surface area contributed by atoms with E-state index in [4.69, 9.17) is 5.73 Å². The van der Waals surface area contributed by atoms with Gasteiger partial charge in [-0.3, -0.25) is 4.98 Å². The Balaban J connectivity index is 2.91. The summed E-state index contributed by atoms with van der Waals surface area (Å²) in [6.07, 6.45) is 3.98. The van der Waals surface area contributed by atoms with Gasteiger partial charge in [0, 0.05) is 24.9 Å². The Morgan fingerprint density at radius 2 is 1.94 bits per heavy atom. The largest absolute Gasteiger partial charge is 0.392 e. The molecule has 1 heterocycles. The van der Waals surface area contributed by atoms with Crippen LogP contribution in [-0.2, 0) is 0 Å². The summed E-state index contributed by atoms with van der Waals surface area (Å²) in [5.41, 5.74) is 6.72. The zero-order valence-electron chi connectivity index (χ0n) is 10.4. The van der Waals surface area contributed by atoms with Crippen molar-refractivity contribution < 1.29 is 5.11 Å². The van der Waals surface area contributed by atoms with Crippen molar-refractivity contribution in [1.29, 1.82) is 0 Å². The lowest BCUT2D eigenvalue weighted by atomic mass is 9.75. The number of aliphatic hydroxyl groups is 1. The van der Waals surface area contributed by atoms with Crippen molar-refractivity contribution in [3.05, 3.63) is 30.1 Å². The fourth-order valence-electron chi connectivity index (χ4n) is 1.81. The Bertz CT molecular complexity index is 311. The fourth-order valence-corrected chi connectivity index (χ4v) is 1.81. The van der Waals surface area contributed by atoms with Crippen LogP contribution in [0.25, 0.3) is 0 Å². The predicted molar refractivity (Wildman–Crippen MR) is 66.1 cm³/mol. The molecule has 0 saturated heterocycles. The molecule has 0 aliphatic carbocycles. The topological polar surface area (TPSA) is 59.1 Å². The zero-order valence-corrected chi connectivity index (χ0v) is 10.4. The second kappa shape index (κ2) is 5.41. The first kappa shape index (κ1) is 13.1. The molecule has 0 spiro atoms. The number of aliphatic hydroxyl groups excluding tert-OH is 1. The zero-order chi connectivity index (χ0) is 12.2. The molecular formula is C13H22N2O. The van der Waals surface area contributed by atoms with Gasteiger partial charge in [0.25, 0.3) is 0 Å². The van der Waals surface area contributed by atoms with Crippen molar-refractivity contribution in [2.75, 3.05) is 6.54 Å². The molecule has 2 unspecified atom stereocenters. The Morgan fingerprint density at radius 3 is 2.38 bits per heavy atom. The molecule has 0 saturated carbocycles. The van der Waals surface area contributed by atoms with Crippen LogP contribution in [0.1, 0.15) is 38.7 Å². The highest BCUT2D eigenvalue weighted by Crippen LogP contribution is 2.33. The lowest BCUT2D eigenvalue weighted by Gasteiger charge is -2.35. The van der Waals surface area contributed by atoms with Crippen LogP contribution in [0.2, 0.25) is 0 Å². The van der Waals surface area contributed by atoms with Crippen molar-refractivity contribution in [2.24, 2.45) is 11.1 Å². The molecule has 3 nitrogen and oxygen atoms in total. The van der Waals surface area contributed by atoms with Crippen molar-refractivity contribution in [2.45, 2.75) is 39.2 Å². The Morgan fingerprint density at radius 1 is 1.38 bits per heavy atom. The van der Waals surface area contributed by atoms with Crippen LogP contribution < -0.4 is 5.73 Å². The van der Waals surface area contributed by atoms with E-state index in [1.165, 1.54) is 0 Å². The van der Waals surface area contributed by atoms with Crippen LogP contribution in [0.3, 0.4) is 0 Å². The van der Waals surface area contributed by atoms with Gasteiger partial charge in [-0.15, -0.1) is 0 Å². The Hall–Kier alpha value is -0.930. The van der Waals surface area contributed by atoms with E-state index >= 15 is 0 Å². The van der Waals surface area contributed by atoms with E-state index in [1.54, 1.807) is 12.4 Å². The highest BCUT2D eigenvalue weighted by Gasteiger charge is 2.32. The second-order valence-electron chi connectivity index (χ2n) is 4.91. The van der Waals surface area contributed by atoms with Gasteiger partial charge in [0.05, 0.1) is 6.10 Å². The summed E-state index contributed by atoms with van der Waals surface area (Å²) >= 11 is 0. The predicted octanol–water partition coefficient (Wildman–Crippen LogP) is 1.92. The molecule has 1 rings (SSSR count). The van der Waals surface area contributed by atoms with Crippen molar-refractivity contribution >= 4 is 0 Å². The number of pyridine rings is 1. The maximum Gasteiger partial charge on any atom is 0.0671 e. The molecule has 0 aliphatic rings. The maximum absolute atomic E-state index is 10.4. The van der Waals surface area contributed by atoms with E-state index in [2.05, 4.69) is 25.8 Å². The number of aromatic nitrogens is 1. The fraction of sp³-hybridized carbons (Fsp3) is 0.615. The van der Waals surface area contributed by atoms with Gasteiger partial charge < -0.3 is 10.8 Å². The van der Waals surface area contributed by atoms with Gasteiger partial charge in [0.15, 0.2) is 0 Å². The monoisotopic (exact) mass is 222 g/mol. The molecule has 0 fully saturated rings. The standard InChI is InChI=1S/C13H22N2O/c1-4-13(2,3)12(16)11(9-14)10-5-7-15-8-6-10/h5-8,11-12,16H,4,9,14H2,1-3H3. The third-order valence-electron chi connectivity index (χ3n) is 3.48. The third-order valence-corrected chi connectivity index (χ3v) is 3.48. The molecule has 0 amide bonds. The SMILES string of the molecule is CCC(C)(C)C(O)C(CN)c1ccncc1. The quantitative estimate of drug-likeness (QED) is 0.800. The molecule has 1 aromatic heterocycles. The minimum atomic E-state index is -0.426. The molecule has 90 valence electrons. The van der Waals surface area contributed by atoms with Gasteiger partial charge in [-0.25, -0.2) is 0 Å². The van der Waals surface area contributed by atoms with Crippen LogP contribution in [0, 0.1) is 5.41 Å². The van der Waals surface area contributed by atoms with E-state index in [0.29, 0.717) is 6.54 Å². The molecule has 16 heavy (non-hydrogen) atoms. The summed E-state index contributed by atoms with van der Waals surface area (Å²) in [6, 6.07) is 3.85. The average molecular weight is 222 g/mol. The van der Waals surface area contributed by atoms with Gasteiger partial charge in [0.1, 0.15) is 0 Å². The summed E-state index contributed by atoms with van der Waals surface area (Å²) in [6.45, 7) is 6.68. The average Bonchev–Trinajstić information content (AvgIpc) is 2.31. The number of nitrogens with two attached hydrogens (primary N) is 1. The van der Waals surface area contributed by atoms with Crippen molar-refractivity contribution in [1.82, 2.24) is 4.98 Å². The molecular weight excluding hydrogens is 200 g/mol. The normalized spacial score (nSPS) is 15.8. The molecule has 0 bridgehead atoms. The van der Waals surface area contributed by atoms with Gasteiger partial charge in [-0.2, -0.15) is 0 Å². The summed E-state index contributed by atoms with van der Waals surface area (Å²) in [7, 11) is 0. The highest BCUT2D eigenvalue weighted by molar-refractivity contribution is 5.18. The van der Waals surface area contributed by atoms with E-state index < -0.39 is 6.10 Å². The Labute approximate surface area is 97.7 Å². The number of rotatable bonds is 5. The van der Waals surface area contributed by atoms with E-state index in [9.17, 15) is 5.11 Å². The highest BCUT2D eigenvalue weighted by atomic mass is 16.3. The van der Waals surface area contributed by atoms with Gasteiger partial charge in [-0.1, -0.05) is 20.8 Å². The van der Waals surface area contributed by atoms with Gasteiger partial charge in [0.2, 0.25) is 0 Å². The minimum Gasteiger partial charge on any atom is -0.392 e. The molecule has 3 heteroatoms. The maximum atomic E-state index is 10.4. The van der Waals surface area contributed by atoms with Crippen LogP contribution in [-0.4, -0.2) is 22.7 Å². The molecule has 0 aromatic carbocycles. The third kappa shape index (κ3) is 2.80. The van der Waals surface area contributed by atoms with Crippen LogP contribution in [0.5, 0.6) is 0 Å². The number of hydrogen-bond acceptors (Lipinski definition) is 3. The molecule has 0 radical (unpaired) electrons. The van der Waals surface area contributed by atoms with E-state index in [-0.39, 0.29) is 11.3 Å². The molecule has 2 atom stereocenters. The van der Waals surface area contributed by atoms with Crippen LogP contribution >= 0.6 is 0 Å². The number of nitrogens with zero attached hydrogens (tertiary/aromatic N) is 1. The minimum absolute atomic E-state index is 0.0158. The van der Waals surface area contributed by atoms with Gasteiger partial charge in [-0.05, 0) is 29.5 Å². The molecule has 1 aromatic rings. The van der Waals surface area contributed by atoms with E-state index in [0.717, 1.165) is 12.0 Å². The second-order valence-corrected chi connectivity index (χ2v) is 4.91. The first-order valence-corrected chi connectivity index (χ1v) is 5.81. The lowest BCUT2D eigenvalue weighted by Crippen LogP contribution is -2.37. The van der Waals surface area contributed by atoms with Crippen molar-refractivity contribution in [3.63, 3.8) is 0 Å². The van der Waals surface area contributed by atoms with Crippen LogP contribution in [0.4, 0.5) is 0 Å². The lowest BCUT2D eigenvalue weighted by molar-refractivity contribution is 0.0264. The summed E-state index contributed by atoms with van der Waals surface area (Å²) in [5.74, 6) is -0.0158. The summed E-state index contributed by atoms with van der Waals surface area (Å²) in [5, 5.41) is 10.4. The first-order valence-electron chi connectivity index (χ1n) is 5.81. The van der Waals surface area contributed by atoms with E-state index in [1.807, 2.05) is 12.1 Å². The summed E-state index contributed by atoms with van der Waals surface area (Å²) < 4.78 is 0.